The van der Waals surface area contributed by atoms with E-state index >= 15 is 0 Å². The van der Waals surface area contributed by atoms with Gasteiger partial charge in [-0.25, -0.2) is 4.39 Å². The Kier molecular flexibility index (Phi) is 8.84. The Morgan fingerprint density at radius 2 is 2.03 bits per heavy atom. The molecule has 1 heterocycles. The molecule has 3 rings (SSSR count). The van der Waals surface area contributed by atoms with Crippen molar-refractivity contribution in [2.24, 2.45) is 4.99 Å². The first-order chi connectivity index (χ1) is 13.5. The van der Waals surface area contributed by atoms with Gasteiger partial charge in [0.2, 0.25) is 11.7 Å². The second kappa shape index (κ2) is 11.1. The molecule has 1 N–H and O–H groups in total. The average Bonchev–Trinajstić information content (AvgIpc) is 3.14. The van der Waals surface area contributed by atoms with Crippen LogP contribution >= 0.6 is 35.6 Å². The largest absolute Gasteiger partial charge is 0.356 e. The molecule has 9 heteroatoms. The molecule has 154 valence electrons. The second-order valence-corrected chi connectivity index (χ2v) is 6.67. The van der Waals surface area contributed by atoms with Crippen molar-refractivity contribution in [2.45, 2.75) is 13.0 Å². The molecule has 0 saturated heterocycles. The van der Waals surface area contributed by atoms with Crippen molar-refractivity contribution >= 4 is 41.5 Å². The highest BCUT2D eigenvalue weighted by atomic mass is 127. The second-order valence-electron chi connectivity index (χ2n) is 6.23. The van der Waals surface area contributed by atoms with Crippen molar-refractivity contribution in [1.29, 1.82) is 0 Å². The molecule has 1 aromatic heterocycles. The van der Waals surface area contributed by atoms with E-state index in [2.05, 4.69) is 20.4 Å². The minimum Gasteiger partial charge on any atom is -0.356 e. The van der Waals surface area contributed by atoms with E-state index in [1.807, 2.05) is 30.1 Å². The smallest absolute Gasteiger partial charge is 0.228 e. The summed E-state index contributed by atoms with van der Waals surface area (Å²) in [6.07, 6.45) is 0.542. The van der Waals surface area contributed by atoms with Crippen LogP contribution in [0.5, 0.6) is 0 Å². The topological polar surface area (TPSA) is 66.5 Å². The number of guanidine groups is 1. The molecule has 0 aliphatic carbocycles. The first-order valence-corrected chi connectivity index (χ1v) is 9.17. The summed E-state index contributed by atoms with van der Waals surface area (Å²) in [5.74, 6) is 1.47. The predicted octanol–water partition coefficient (Wildman–Crippen LogP) is 4.40. The molecule has 0 unspecified atom stereocenters. The Labute approximate surface area is 191 Å². The SMILES string of the molecule is CN=C(NCCc1nc(-c2cccc(Cl)c2)no1)N(C)Cc1cccc(F)c1.I. The maximum Gasteiger partial charge on any atom is 0.228 e. The van der Waals surface area contributed by atoms with Crippen LogP contribution in [0.4, 0.5) is 4.39 Å². The number of nitrogens with one attached hydrogen (secondary N) is 1. The molecular weight excluding hydrogens is 508 g/mol. The van der Waals surface area contributed by atoms with Crippen LogP contribution in [0.3, 0.4) is 0 Å². The van der Waals surface area contributed by atoms with E-state index in [-0.39, 0.29) is 29.8 Å². The van der Waals surface area contributed by atoms with Gasteiger partial charge in [0.1, 0.15) is 5.82 Å². The van der Waals surface area contributed by atoms with E-state index in [9.17, 15) is 4.39 Å². The summed E-state index contributed by atoms with van der Waals surface area (Å²) < 4.78 is 18.6. The zero-order chi connectivity index (χ0) is 19.9. The predicted molar refractivity (Wildman–Crippen MR) is 123 cm³/mol. The summed E-state index contributed by atoms with van der Waals surface area (Å²) in [4.78, 5) is 10.6. The van der Waals surface area contributed by atoms with Gasteiger partial charge in [0.25, 0.3) is 0 Å². The van der Waals surface area contributed by atoms with E-state index in [4.69, 9.17) is 16.1 Å². The van der Waals surface area contributed by atoms with Gasteiger partial charge in [0.15, 0.2) is 5.96 Å². The van der Waals surface area contributed by atoms with Gasteiger partial charge in [-0.3, -0.25) is 4.99 Å². The minimum absolute atomic E-state index is 0. The van der Waals surface area contributed by atoms with Crippen LogP contribution in [-0.4, -0.2) is 41.6 Å². The van der Waals surface area contributed by atoms with E-state index in [0.29, 0.717) is 42.2 Å². The Bertz CT molecular complexity index is 965. The van der Waals surface area contributed by atoms with Gasteiger partial charge < -0.3 is 14.7 Å². The lowest BCUT2D eigenvalue weighted by Crippen LogP contribution is -2.39. The molecule has 0 aliphatic rings. The van der Waals surface area contributed by atoms with Crippen molar-refractivity contribution in [3.8, 4) is 11.4 Å². The average molecular weight is 530 g/mol. The molecule has 0 amide bonds. The third-order valence-corrected chi connectivity index (χ3v) is 4.29. The monoisotopic (exact) mass is 529 g/mol. The minimum atomic E-state index is -0.249. The molecule has 2 aromatic carbocycles. The molecule has 0 radical (unpaired) electrons. The maximum atomic E-state index is 13.3. The molecule has 0 aliphatic heterocycles. The molecule has 0 atom stereocenters. The van der Waals surface area contributed by atoms with Gasteiger partial charge in [-0.1, -0.05) is 41.0 Å². The summed E-state index contributed by atoms with van der Waals surface area (Å²) in [6, 6.07) is 13.8. The third-order valence-electron chi connectivity index (χ3n) is 4.06. The maximum absolute atomic E-state index is 13.3. The lowest BCUT2D eigenvalue weighted by Gasteiger charge is -2.22. The van der Waals surface area contributed by atoms with Gasteiger partial charge in [0.05, 0.1) is 0 Å². The number of nitrogens with zero attached hydrogens (tertiary/aromatic N) is 4. The first-order valence-electron chi connectivity index (χ1n) is 8.80. The highest BCUT2D eigenvalue weighted by Crippen LogP contribution is 2.19. The summed E-state index contributed by atoms with van der Waals surface area (Å²) in [5.41, 5.74) is 1.68. The van der Waals surface area contributed by atoms with Crippen LogP contribution in [0, 0.1) is 5.82 Å². The van der Waals surface area contributed by atoms with Gasteiger partial charge >= 0.3 is 0 Å². The number of hydrogen-bond acceptors (Lipinski definition) is 4. The van der Waals surface area contributed by atoms with E-state index in [1.165, 1.54) is 12.1 Å². The molecule has 0 spiro atoms. The molecule has 0 saturated carbocycles. The quantitative estimate of drug-likeness (QED) is 0.291. The van der Waals surface area contributed by atoms with Crippen molar-refractivity contribution in [2.75, 3.05) is 20.6 Å². The van der Waals surface area contributed by atoms with Gasteiger partial charge in [-0.2, -0.15) is 4.98 Å². The summed E-state index contributed by atoms with van der Waals surface area (Å²) in [5, 5.41) is 7.86. The Morgan fingerprint density at radius 3 is 2.76 bits per heavy atom. The molecule has 0 fully saturated rings. The van der Waals surface area contributed by atoms with Crippen molar-refractivity contribution in [1.82, 2.24) is 20.4 Å². The number of aromatic nitrogens is 2. The fourth-order valence-electron chi connectivity index (χ4n) is 2.75. The zero-order valence-corrected chi connectivity index (χ0v) is 19.2. The Morgan fingerprint density at radius 1 is 1.24 bits per heavy atom. The van der Waals surface area contributed by atoms with Gasteiger partial charge in [-0.05, 0) is 29.8 Å². The lowest BCUT2D eigenvalue weighted by atomic mass is 10.2. The number of benzene rings is 2. The highest BCUT2D eigenvalue weighted by Gasteiger charge is 2.11. The molecular formula is C20H22ClFIN5O. The van der Waals surface area contributed by atoms with Gasteiger partial charge in [-0.15, -0.1) is 24.0 Å². The van der Waals surface area contributed by atoms with Crippen LogP contribution in [0.1, 0.15) is 11.5 Å². The Balaban J connectivity index is 0.00000300. The molecule has 29 heavy (non-hydrogen) atoms. The summed E-state index contributed by atoms with van der Waals surface area (Å²) >= 11 is 6.00. The fraction of sp³-hybridized carbons (Fsp3) is 0.250. The molecule has 3 aromatic rings. The van der Waals surface area contributed by atoms with Crippen LogP contribution < -0.4 is 5.32 Å². The van der Waals surface area contributed by atoms with E-state index in [0.717, 1.165) is 11.1 Å². The van der Waals surface area contributed by atoms with Crippen molar-refractivity contribution < 1.29 is 8.91 Å². The lowest BCUT2D eigenvalue weighted by molar-refractivity contribution is 0.377. The first kappa shape index (κ1) is 23.1. The molecule has 0 bridgehead atoms. The third kappa shape index (κ3) is 6.67. The highest BCUT2D eigenvalue weighted by molar-refractivity contribution is 14.0. The fourth-order valence-corrected chi connectivity index (χ4v) is 2.94. The van der Waals surface area contributed by atoms with Crippen LogP contribution in [-0.2, 0) is 13.0 Å². The van der Waals surface area contributed by atoms with Gasteiger partial charge in [0, 0.05) is 44.2 Å². The zero-order valence-electron chi connectivity index (χ0n) is 16.1. The number of rotatable bonds is 6. The number of halogens is 3. The standard InChI is InChI=1S/C20H21ClFN5O.HI/c1-23-20(27(2)13-14-5-3-8-17(22)11-14)24-10-9-18-25-19(26-28-18)15-6-4-7-16(21)12-15;/h3-8,11-12H,9-10,13H2,1-2H3,(H,23,24);1H. The number of hydrogen-bond donors (Lipinski definition) is 1. The summed E-state index contributed by atoms with van der Waals surface area (Å²) in [6.45, 7) is 1.11. The van der Waals surface area contributed by atoms with Crippen LogP contribution in [0.25, 0.3) is 11.4 Å². The van der Waals surface area contributed by atoms with E-state index in [1.54, 1.807) is 25.2 Å². The van der Waals surface area contributed by atoms with Crippen LogP contribution in [0.15, 0.2) is 58.0 Å². The number of aliphatic imine (C=N–C) groups is 1. The van der Waals surface area contributed by atoms with Crippen molar-refractivity contribution in [3.05, 3.63) is 70.8 Å². The normalized spacial score (nSPS) is 11.1. The summed E-state index contributed by atoms with van der Waals surface area (Å²) in [7, 11) is 3.60. The van der Waals surface area contributed by atoms with Crippen LogP contribution in [0.2, 0.25) is 5.02 Å². The Hall–Kier alpha value is -2.20. The van der Waals surface area contributed by atoms with E-state index < -0.39 is 0 Å². The molecule has 6 nitrogen and oxygen atoms in total. The van der Waals surface area contributed by atoms with Crippen molar-refractivity contribution in [3.63, 3.8) is 0 Å².